The molecule has 0 unspecified atom stereocenters. The van der Waals surface area contributed by atoms with Crippen LogP contribution in [-0.2, 0) is 10.0 Å². The van der Waals surface area contributed by atoms with E-state index in [0.29, 0.717) is 24.8 Å². The van der Waals surface area contributed by atoms with E-state index in [-0.39, 0.29) is 16.9 Å². The number of fused-ring (bicyclic) bond motifs is 1. The fourth-order valence-corrected chi connectivity index (χ4v) is 5.24. The average Bonchev–Trinajstić information content (AvgIpc) is 3.24. The van der Waals surface area contributed by atoms with Gasteiger partial charge in [-0.2, -0.15) is 14.6 Å². The molecular weight excluding hydrogens is 464 g/mol. The van der Waals surface area contributed by atoms with E-state index in [2.05, 4.69) is 29.0 Å². The van der Waals surface area contributed by atoms with Crippen molar-refractivity contribution >= 4 is 27.2 Å². The molecule has 0 bridgehead atoms. The highest BCUT2D eigenvalue weighted by Gasteiger charge is 2.19. The van der Waals surface area contributed by atoms with Crippen molar-refractivity contribution in [2.75, 3.05) is 32.5 Å². The Bertz CT molecular complexity index is 1230. The van der Waals surface area contributed by atoms with Gasteiger partial charge >= 0.3 is 0 Å². The lowest BCUT2D eigenvalue weighted by Gasteiger charge is -2.23. The molecule has 0 amide bonds. The topological polar surface area (TPSA) is 101 Å². The summed E-state index contributed by atoms with van der Waals surface area (Å²) in [6.45, 7) is 5.22. The van der Waals surface area contributed by atoms with Gasteiger partial charge in [0.15, 0.2) is 5.65 Å². The van der Waals surface area contributed by atoms with Crippen LogP contribution in [0.1, 0.15) is 57.4 Å². The molecule has 1 aliphatic rings. The quantitative estimate of drug-likeness (QED) is 0.431. The molecule has 0 saturated heterocycles. The van der Waals surface area contributed by atoms with Crippen molar-refractivity contribution < 1.29 is 13.2 Å². The molecule has 190 valence electrons. The fourth-order valence-electron chi connectivity index (χ4n) is 4.22. The van der Waals surface area contributed by atoms with Gasteiger partial charge in [0.2, 0.25) is 15.9 Å². The largest absolute Gasteiger partial charge is 0.474 e. The van der Waals surface area contributed by atoms with Gasteiger partial charge in [-0.15, -0.1) is 0 Å². The Morgan fingerprint density at radius 2 is 1.86 bits per heavy atom. The van der Waals surface area contributed by atoms with Crippen molar-refractivity contribution in [3.63, 3.8) is 0 Å². The van der Waals surface area contributed by atoms with Crippen LogP contribution in [0.25, 0.3) is 5.65 Å². The molecule has 2 heterocycles. The minimum absolute atomic E-state index is 0.182. The molecule has 1 saturated carbocycles. The van der Waals surface area contributed by atoms with Crippen molar-refractivity contribution in [3.05, 3.63) is 42.1 Å². The first-order chi connectivity index (χ1) is 16.7. The van der Waals surface area contributed by atoms with Gasteiger partial charge in [0.25, 0.3) is 0 Å². The smallest absolute Gasteiger partial charge is 0.240 e. The molecule has 4 rings (SSSR count). The second-order valence-electron chi connectivity index (χ2n) is 9.70. The van der Waals surface area contributed by atoms with Gasteiger partial charge in [-0.1, -0.05) is 20.3 Å². The summed E-state index contributed by atoms with van der Waals surface area (Å²) in [7, 11) is 0.244. The molecular formula is C25H36N6O3S. The number of anilines is 2. The van der Waals surface area contributed by atoms with E-state index >= 15 is 0 Å². The summed E-state index contributed by atoms with van der Waals surface area (Å²) in [6, 6.07) is 8.57. The van der Waals surface area contributed by atoms with Gasteiger partial charge in [0.1, 0.15) is 11.9 Å². The Labute approximate surface area is 207 Å². The molecule has 10 heteroatoms. The Morgan fingerprint density at radius 3 is 2.51 bits per heavy atom. The van der Waals surface area contributed by atoms with Gasteiger partial charge in [0, 0.05) is 30.4 Å². The predicted octanol–water partition coefficient (Wildman–Crippen LogP) is 4.15. The Kier molecular flexibility index (Phi) is 7.93. The molecule has 0 aliphatic heterocycles. The van der Waals surface area contributed by atoms with Crippen LogP contribution in [0, 0.1) is 0 Å². The third-order valence-corrected chi connectivity index (χ3v) is 7.70. The van der Waals surface area contributed by atoms with Crippen LogP contribution in [0.15, 0.2) is 41.4 Å². The maximum absolute atomic E-state index is 12.6. The van der Waals surface area contributed by atoms with Gasteiger partial charge in [-0.3, -0.25) is 0 Å². The van der Waals surface area contributed by atoms with Crippen molar-refractivity contribution in [2.45, 2.75) is 62.9 Å². The number of hydrogen-bond donors (Lipinski definition) is 2. The molecule has 0 atom stereocenters. The summed E-state index contributed by atoms with van der Waals surface area (Å²) >= 11 is 0. The zero-order chi connectivity index (χ0) is 25.0. The van der Waals surface area contributed by atoms with Crippen molar-refractivity contribution in [2.24, 2.45) is 0 Å². The van der Waals surface area contributed by atoms with E-state index < -0.39 is 10.0 Å². The molecule has 0 spiro atoms. The summed E-state index contributed by atoms with van der Waals surface area (Å²) in [5.41, 5.74) is 2.56. The number of nitrogens with one attached hydrogen (secondary N) is 2. The first-order valence-electron chi connectivity index (χ1n) is 12.3. The first kappa shape index (κ1) is 25.4. The SMILES string of the molecule is CC(C)c1cnn2c(Nc3ccc(S(=O)(=O)NCCN(C)C)cc3)cc(OC3CCCCC3)nc12. The normalized spacial score (nSPS) is 15.3. The molecule has 2 N–H and O–H groups in total. The molecule has 2 aromatic heterocycles. The minimum Gasteiger partial charge on any atom is -0.474 e. The third kappa shape index (κ3) is 6.31. The van der Waals surface area contributed by atoms with E-state index in [1.807, 2.05) is 31.3 Å². The zero-order valence-corrected chi connectivity index (χ0v) is 21.8. The molecule has 0 radical (unpaired) electrons. The van der Waals surface area contributed by atoms with Gasteiger partial charge in [0.05, 0.1) is 11.1 Å². The maximum Gasteiger partial charge on any atom is 0.240 e. The lowest BCUT2D eigenvalue weighted by atomic mass is 9.98. The second-order valence-corrected chi connectivity index (χ2v) is 11.5. The van der Waals surface area contributed by atoms with Crippen LogP contribution in [0.4, 0.5) is 11.5 Å². The summed E-state index contributed by atoms with van der Waals surface area (Å²) in [4.78, 5) is 6.94. The monoisotopic (exact) mass is 500 g/mol. The van der Waals surface area contributed by atoms with Gasteiger partial charge in [-0.05, 0) is 70.0 Å². The zero-order valence-electron chi connectivity index (χ0n) is 21.0. The molecule has 1 fully saturated rings. The number of benzene rings is 1. The molecule has 1 aromatic carbocycles. The number of nitrogens with zero attached hydrogens (tertiary/aromatic N) is 4. The summed E-state index contributed by atoms with van der Waals surface area (Å²) in [5, 5.41) is 7.93. The van der Waals surface area contributed by atoms with Crippen LogP contribution in [0.2, 0.25) is 0 Å². The van der Waals surface area contributed by atoms with Crippen molar-refractivity contribution in [3.8, 4) is 5.88 Å². The molecule has 9 nitrogen and oxygen atoms in total. The van der Waals surface area contributed by atoms with Gasteiger partial charge < -0.3 is 15.0 Å². The first-order valence-corrected chi connectivity index (χ1v) is 13.8. The maximum atomic E-state index is 12.6. The standard InChI is InChI=1S/C25H36N6O3S/c1-18(2)22-17-26-31-23(16-24(29-25(22)31)34-20-8-6-5-7-9-20)28-19-10-12-21(13-11-19)35(32,33)27-14-15-30(3)4/h10-13,16-18,20,27-28H,5-9,14-15H2,1-4H3. The molecule has 35 heavy (non-hydrogen) atoms. The lowest BCUT2D eigenvalue weighted by Crippen LogP contribution is -2.31. The number of aromatic nitrogens is 3. The van der Waals surface area contributed by atoms with Crippen molar-refractivity contribution in [1.29, 1.82) is 0 Å². The summed E-state index contributed by atoms with van der Waals surface area (Å²) < 4.78 is 35.8. The van der Waals surface area contributed by atoms with E-state index in [0.717, 1.165) is 29.7 Å². The Morgan fingerprint density at radius 1 is 1.14 bits per heavy atom. The summed E-state index contributed by atoms with van der Waals surface area (Å²) in [6.07, 6.45) is 7.74. The van der Waals surface area contributed by atoms with Crippen LogP contribution in [-0.4, -0.2) is 61.2 Å². The number of likely N-dealkylation sites (N-methyl/N-ethyl adjacent to an activating group) is 1. The molecule has 1 aliphatic carbocycles. The Balaban J connectivity index is 1.58. The van der Waals surface area contributed by atoms with Crippen LogP contribution >= 0.6 is 0 Å². The number of hydrogen-bond acceptors (Lipinski definition) is 7. The van der Waals surface area contributed by atoms with Crippen molar-refractivity contribution in [1.82, 2.24) is 24.2 Å². The second kappa shape index (κ2) is 10.9. The average molecular weight is 501 g/mol. The van der Waals surface area contributed by atoms with Crippen LogP contribution < -0.4 is 14.8 Å². The van der Waals surface area contributed by atoms with E-state index in [1.165, 1.54) is 19.3 Å². The third-order valence-electron chi connectivity index (χ3n) is 6.23. The van der Waals surface area contributed by atoms with Gasteiger partial charge in [-0.25, -0.2) is 13.1 Å². The lowest BCUT2D eigenvalue weighted by molar-refractivity contribution is 0.149. The number of sulfonamides is 1. The molecule has 3 aromatic rings. The fraction of sp³-hybridized carbons (Fsp3) is 0.520. The number of ether oxygens (including phenoxy) is 1. The number of rotatable bonds is 10. The van der Waals surface area contributed by atoms with Crippen LogP contribution in [0.5, 0.6) is 5.88 Å². The highest BCUT2D eigenvalue weighted by Crippen LogP contribution is 2.29. The van der Waals surface area contributed by atoms with Crippen LogP contribution in [0.3, 0.4) is 0 Å². The highest BCUT2D eigenvalue weighted by molar-refractivity contribution is 7.89. The Hall–Kier alpha value is -2.69. The van der Waals surface area contributed by atoms with E-state index in [4.69, 9.17) is 9.72 Å². The minimum atomic E-state index is -3.56. The highest BCUT2D eigenvalue weighted by atomic mass is 32.2. The van der Waals surface area contributed by atoms with E-state index in [9.17, 15) is 8.42 Å². The van der Waals surface area contributed by atoms with E-state index in [1.54, 1.807) is 28.8 Å². The predicted molar refractivity (Wildman–Crippen MR) is 138 cm³/mol. The summed E-state index contributed by atoms with van der Waals surface area (Å²) in [5.74, 6) is 1.56.